The van der Waals surface area contributed by atoms with Crippen LogP contribution in [0.2, 0.25) is 0 Å². The predicted octanol–water partition coefficient (Wildman–Crippen LogP) is 3.90. The van der Waals surface area contributed by atoms with Crippen LogP contribution < -0.4 is 16.2 Å². The van der Waals surface area contributed by atoms with E-state index in [0.29, 0.717) is 5.75 Å². The van der Waals surface area contributed by atoms with Crippen LogP contribution in [-0.2, 0) is 4.79 Å². The predicted molar refractivity (Wildman–Crippen MR) is 134 cm³/mol. The number of benzene rings is 2. The summed E-state index contributed by atoms with van der Waals surface area (Å²) in [6.45, 7) is 8.34. The number of amides is 1. The van der Waals surface area contributed by atoms with Crippen LogP contribution >= 0.6 is 11.8 Å². The molecule has 3 atom stereocenters. The van der Waals surface area contributed by atoms with Crippen LogP contribution in [0.3, 0.4) is 0 Å². The third kappa shape index (κ3) is 4.32. The van der Waals surface area contributed by atoms with Gasteiger partial charge in [-0.3, -0.25) is 10.2 Å². The van der Waals surface area contributed by atoms with Gasteiger partial charge in [0.2, 0.25) is 5.91 Å². The largest absolute Gasteiger partial charge is 0.325 e. The minimum atomic E-state index is -0.0278. The zero-order chi connectivity index (χ0) is 23.1. The van der Waals surface area contributed by atoms with Crippen LogP contribution in [0, 0.1) is 27.7 Å². The van der Waals surface area contributed by atoms with Gasteiger partial charge in [-0.05, 0) is 62.4 Å². The van der Waals surface area contributed by atoms with Crippen molar-refractivity contribution in [3.63, 3.8) is 0 Å². The van der Waals surface area contributed by atoms with E-state index in [1.54, 1.807) is 0 Å². The van der Waals surface area contributed by atoms with Gasteiger partial charge < -0.3 is 15.2 Å². The smallest absolute Gasteiger partial charge is 0.234 e. The van der Waals surface area contributed by atoms with Crippen molar-refractivity contribution < 1.29 is 4.79 Å². The normalized spacial score (nSPS) is 23.2. The molecule has 2 aromatic carbocycles. The molecular weight excluding hydrogens is 432 g/mol. The van der Waals surface area contributed by atoms with Crippen molar-refractivity contribution in [2.24, 2.45) is 5.10 Å². The van der Waals surface area contributed by atoms with Gasteiger partial charge in [0.25, 0.3) is 0 Å². The average molecular weight is 463 g/mol. The lowest BCUT2D eigenvalue weighted by Crippen LogP contribution is -2.54. The summed E-state index contributed by atoms with van der Waals surface area (Å²) in [7, 11) is 0. The van der Waals surface area contributed by atoms with Crippen molar-refractivity contribution in [3.05, 3.63) is 76.6 Å². The SMILES string of the molecule is Cc1ccc(C)c(NC(=O)CSC2=NNC3C4CC(c5cc(C)ccc5C)NN4C=CN23)c1. The topological polar surface area (TPSA) is 72.0 Å². The van der Waals surface area contributed by atoms with Gasteiger partial charge in [-0.2, -0.15) is 5.10 Å². The molecule has 172 valence electrons. The zero-order valence-corrected chi connectivity index (χ0v) is 20.2. The maximum absolute atomic E-state index is 12.6. The van der Waals surface area contributed by atoms with Gasteiger partial charge in [0.15, 0.2) is 5.17 Å². The molecule has 1 saturated heterocycles. The van der Waals surface area contributed by atoms with E-state index < -0.39 is 0 Å². The van der Waals surface area contributed by atoms with Gasteiger partial charge in [-0.1, -0.05) is 47.7 Å². The second kappa shape index (κ2) is 8.76. The summed E-state index contributed by atoms with van der Waals surface area (Å²) in [4.78, 5) is 14.7. The Bertz CT molecular complexity index is 1150. The molecule has 0 aromatic heterocycles. The molecular formula is C25H30N6OS. The first-order valence-electron chi connectivity index (χ1n) is 11.3. The van der Waals surface area contributed by atoms with Crippen molar-refractivity contribution in [2.45, 2.75) is 52.4 Å². The summed E-state index contributed by atoms with van der Waals surface area (Å²) in [5.41, 5.74) is 13.9. The summed E-state index contributed by atoms with van der Waals surface area (Å²) in [5, 5.41) is 10.6. The second-order valence-electron chi connectivity index (χ2n) is 9.08. The van der Waals surface area contributed by atoms with Gasteiger partial charge in [-0.15, -0.1) is 0 Å². The zero-order valence-electron chi connectivity index (χ0n) is 19.4. The molecule has 0 aliphatic carbocycles. The number of hydrazine groups is 1. The fourth-order valence-electron chi connectivity index (χ4n) is 4.68. The molecule has 5 rings (SSSR count). The van der Waals surface area contributed by atoms with Crippen LogP contribution in [0.15, 0.2) is 53.9 Å². The van der Waals surface area contributed by atoms with Gasteiger partial charge in [0, 0.05) is 18.1 Å². The van der Waals surface area contributed by atoms with E-state index in [1.807, 2.05) is 38.2 Å². The molecule has 0 radical (unpaired) electrons. The quantitative estimate of drug-likeness (QED) is 0.640. The minimum Gasteiger partial charge on any atom is -0.325 e. The van der Waals surface area contributed by atoms with E-state index in [1.165, 1.54) is 28.5 Å². The van der Waals surface area contributed by atoms with Crippen molar-refractivity contribution >= 4 is 28.5 Å². The summed E-state index contributed by atoms with van der Waals surface area (Å²) in [6.07, 6.45) is 5.13. The maximum Gasteiger partial charge on any atom is 0.234 e. The number of anilines is 1. The molecule has 3 heterocycles. The van der Waals surface area contributed by atoms with Crippen LogP contribution in [0.5, 0.6) is 0 Å². The lowest BCUT2D eigenvalue weighted by atomic mass is 9.95. The van der Waals surface area contributed by atoms with E-state index in [-0.39, 0.29) is 24.2 Å². The Labute approximate surface area is 199 Å². The van der Waals surface area contributed by atoms with Crippen LogP contribution in [-0.4, -0.2) is 38.9 Å². The summed E-state index contributed by atoms with van der Waals surface area (Å²) in [6, 6.07) is 13.2. The van der Waals surface area contributed by atoms with Gasteiger partial charge in [0.1, 0.15) is 6.17 Å². The summed E-state index contributed by atoms with van der Waals surface area (Å²) < 4.78 is 0. The fourth-order valence-corrected chi connectivity index (χ4v) is 5.45. The molecule has 2 aromatic rings. The number of hydrogen-bond donors (Lipinski definition) is 3. The molecule has 8 heteroatoms. The van der Waals surface area contributed by atoms with Gasteiger partial charge in [-0.25, -0.2) is 5.43 Å². The van der Waals surface area contributed by atoms with E-state index >= 15 is 0 Å². The average Bonchev–Trinajstić information content (AvgIpc) is 3.40. The second-order valence-corrected chi connectivity index (χ2v) is 10.0. The first kappa shape index (κ1) is 21.9. The highest BCUT2D eigenvalue weighted by Crippen LogP contribution is 2.36. The van der Waals surface area contributed by atoms with Crippen molar-refractivity contribution in [3.8, 4) is 0 Å². The first-order valence-corrected chi connectivity index (χ1v) is 12.3. The molecule has 3 unspecified atom stereocenters. The number of hydrogen-bond acceptors (Lipinski definition) is 7. The molecule has 0 saturated carbocycles. The number of carbonyl (C=O) groups excluding carboxylic acids is 1. The summed E-state index contributed by atoms with van der Waals surface area (Å²) >= 11 is 1.45. The lowest BCUT2D eigenvalue weighted by Gasteiger charge is -2.36. The van der Waals surface area contributed by atoms with E-state index in [4.69, 9.17) is 0 Å². The molecule has 1 amide bonds. The Morgan fingerprint density at radius 1 is 1.09 bits per heavy atom. The van der Waals surface area contributed by atoms with Gasteiger partial charge >= 0.3 is 0 Å². The summed E-state index contributed by atoms with van der Waals surface area (Å²) in [5.74, 6) is 0.280. The number of nitrogens with zero attached hydrogens (tertiary/aromatic N) is 3. The minimum absolute atomic E-state index is 0.0278. The molecule has 3 aliphatic rings. The van der Waals surface area contributed by atoms with Gasteiger partial charge in [0.05, 0.1) is 17.8 Å². The van der Waals surface area contributed by atoms with Crippen molar-refractivity contribution in [2.75, 3.05) is 11.1 Å². The highest BCUT2D eigenvalue weighted by atomic mass is 32.2. The number of thioether (sulfide) groups is 1. The maximum atomic E-state index is 12.6. The number of amidine groups is 1. The van der Waals surface area contributed by atoms with Crippen LogP contribution in [0.4, 0.5) is 5.69 Å². The number of hydrazone groups is 1. The molecule has 3 N–H and O–H groups in total. The Kier molecular flexibility index (Phi) is 5.80. The van der Waals surface area contributed by atoms with E-state index in [2.05, 4.69) is 69.4 Å². The molecule has 33 heavy (non-hydrogen) atoms. The van der Waals surface area contributed by atoms with E-state index in [0.717, 1.165) is 28.4 Å². The van der Waals surface area contributed by atoms with Crippen molar-refractivity contribution in [1.82, 2.24) is 20.8 Å². The van der Waals surface area contributed by atoms with Crippen LogP contribution in [0.1, 0.15) is 40.3 Å². The lowest BCUT2D eigenvalue weighted by molar-refractivity contribution is -0.113. The molecule has 1 fully saturated rings. The molecule has 0 bridgehead atoms. The molecule has 7 nitrogen and oxygen atoms in total. The first-order chi connectivity index (χ1) is 15.9. The number of nitrogens with one attached hydrogen (secondary N) is 3. The Morgan fingerprint density at radius 2 is 1.85 bits per heavy atom. The number of aryl methyl sites for hydroxylation is 4. The highest BCUT2D eigenvalue weighted by molar-refractivity contribution is 8.14. The van der Waals surface area contributed by atoms with E-state index in [9.17, 15) is 4.79 Å². The fraction of sp³-hybridized carbons (Fsp3) is 0.360. The third-order valence-corrected chi connectivity index (χ3v) is 7.48. The number of carbonyl (C=O) groups is 1. The monoisotopic (exact) mass is 462 g/mol. The standard InChI is InChI=1S/C25H30N6OS/c1-15-5-7-17(3)19(11-15)21-13-22-24-27-28-25(30(24)9-10-31(22)29-21)33-14-23(32)26-20-12-16(2)6-8-18(20)4/h5-12,21-22,24,27,29H,13-14H2,1-4H3,(H,26,32). The molecule has 0 spiro atoms. The Balaban J connectivity index is 1.21. The van der Waals surface area contributed by atoms with Crippen LogP contribution in [0.25, 0.3) is 0 Å². The Morgan fingerprint density at radius 3 is 2.67 bits per heavy atom. The number of rotatable bonds is 4. The Hall–Kier alpha value is -2.97. The van der Waals surface area contributed by atoms with Crippen molar-refractivity contribution in [1.29, 1.82) is 0 Å². The third-order valence-electron chi connectivity index (χ3n) is 6.51. The highest BCUT2D eigenvalue weighted by Gasteiger charge is 2.44. The number of fused-ring (bicyclic) bond motifs is 3. The molecule has 3 aliphatic heterocycles.